The van der Waals surface area contributed by atoms with E-state index in [-0.39, 0.29) is 0 Å². The Morgan fingerprint density at radius 1 is 1.09 bits per heavy atom. The molecule has 0 aliphatic rings. The summed E-state index contributed by atoms with van der Waals surface area (Å²) in [6, 6.07) is 15.9. The molecule has 0 unspecified atom stereocenters. The highest BCUT2D eigenvalue weighted by atomic mass is 16.5. The largest absolute Gasteiger partial charge is 0.496 e. The highest BCUT2D eigenvalue weighted by molar-refractivity contribution is 5.72. The van der Waals surface area contributed by atoms with Crippen molar-refractivity contribution in [2.24, 2.45) is 7.05 Å². The first-order chi connectivity index (χ1) is 10.7. The van der Waals surface area contributed by atoms with E-state index in [0.717, 1.165) is 22.6 Å². The zero-order valence-corrected chi connectivity index (χ0v) is 12.4. The van der Waals surface area contributed by atoms with Gasteiger partial charge in [-0.15, -0.1) is 5.10 Å². The molecule has 0 spiro atoms. The Morgan fingerprint density at radius 2 is 1.82 bits per heavy atom. The number of aromatic nitrogens is 3. The molecule has 6 nitrogen and oxygen atoms in total. The molecule has 0 aliphatic carbocycles. The van der Waals surface area contributed by atoms with Gasteiger partial charge in [-0.25, -0.2) is 4.68 Å². The molecule has 0 fully saturated rings. The van der Waals surface area contributed by atoms with Crippen molar-refractivity contribution in [2.75, 3.05) is 18.2 Å². The maximum absolute atomic E-state index is 5.66. The fraction of sp³-hybridized carbons (Fsp3) is 0.125. The Balaban J connectivity index is 1.83. The fourth-order valence-electron chi connectivity index (χ4n) is 2.19. The zero-order chi connectivity index (χ0) is 15.5. The van der Waals surface area contributed by atoms with Gasteiger partial charge in [-0.2, -0.15) is 4.98 Å². The van der Waals surface area contributed by atoms with Crippen molar-refractivity contribution in [3.8, 4) is 16.9 Å². The molecule has 3 rings (SSSR count). The van der Waals surface area contributed by atoms with Crippen molar-refractivity contribution in [1.29, 1.82) is 0 Å². The summed E-state index contributed by atoms with van der Waals surface area (Å²) >= 11 is 0. The molecule has 6 heteroatoms. The summed E-state index contributed by atoms with van der Waals surface area (Å²) in [6.07, 6.45) is 0. The van der Waals surface area contributed by atoms with Crippen molar-refractivity contribution >= 4 is 17.6 Å². The van der Waals surface area contributed by atoms with Crippen molar-refractivity contribution in [3.05, 3.63) is 48.5 Å². The van der Waals surface area contributed by atoms with Crippen LogP contribution in [0.1, 0.15) is 0 Å². The molecular weight excluding hydrogens is 278 g/mol. The average molecular weight is 295 g/mol. The fourth-order valence-corrected chi connectivity index (χ4v) is 2.19. The number of para-hydroxylation sites is 1. The molecule has 0 atom stereocenters. The van der Waals surface area contributed by atoms with Crippen LogP contribution >= 0.6 is 0 Å². The first kappa shape index (κ1) is 13.9. The van der Waals surface area contributed by atoms with Crippen LogP contribution in [0.25, 0.3) is 11.1 Å². The van der Waals surface area contributed by atoms with Gasteiger partial charge in [0.05, 0.1) is 7.11 Å². The standard InChI is InChI=1S/C16H17N5O/c1-21-15(17)19-16(20-21)18-12-9-7-11(8-10-12)13-5-3-4-6-14(13)22-2/h3-10H,1-2H3,(H3,17,18,19,20). The highest BCUT2D eigenvalue weighted by Crippen LogP contribution is 2.30. The van der Waals surface area contributed by atoms with Crippen LogP contribution in [-0.2, 0) is 7.05 Å². The number of benzene rings is 2. The van der Waals surface area contributed by atoms with Crippen molar-refractivity contribution in [2.45, 2.75) is 0 Å². The van der Waals surface area contributed by atoms with Crippen LogP contribution in [0.5, 0.6) is 5.75 Å². The smallest absolute Gasteiger partial charge is 0.248 e. The molecule has 2 aromatic carbocycles. The molecule has 0 saturated carbocycles. The first-order valence-electron chi connectivity index (χ1n) is 6.84. The Morgan fingerprint density at radius 3 is 2.45 bits per heavy atom. The molecule has 0 aliphatic heterocycles. The van der Waals surface area contributed by atoms with E-state index in [2.05, 4.69) is 15.4 Å². The van der Waals surface area contributed by atoms with Crippen LogP contribution < -0.4 is 15.8 Å². The van der Waals surface area contributed by atoms with Crippen LogP contribution in [0, 0.1) is 0 Å². The highest BCUT2D eigenvalue weighted by Gasteiger charge is 2.06. The minimum atomic E-state index is 0.369. The summed E-state index contributed by atoms with van der Waals surface area (Å²) in [5.74, 6) is 1.69. The van der Waals surface area contributed by atoms with Gasteiger partial charge < -0.3 is 15.8 Å². The van der Waals surface area contributed by atoms with Gasteiger partial charge in [-0.1, -0.05) is 30.3 Å². The Hall–Kier alpha value is -3.02. The summed E-state index contributed by atoms with van der Waals surface area (Å²) in [5.41, 5.74) is 8.69. The molecule has 1 aromatic heterocycles. The lowest BCUT2D eigenvalue weighted by Gasteiger charge is -2.09. The van der Waals surface area contributed by atoms with E-state index in [1.807, 2.05) is 48.5 Å². The number of aryl methyl sites for hydroxylation is 1. The van der Waals surface area contributed by atoms with Gasteiger partial charge in [-0.05, 0) is 23.8 Å². The van der Waals surface area contributed by atoms with Crippen LogP contribution in [0.3, 0.4) is 0 Å². The normalized spacial score (nSPS) is 10.5. The number of ether oxygens (including phenoxy) is 1. The second-order valence-electron chi connectivity index (χ2n) is 4.82. The number of hydrogen-bond donors (Lipinski definition) is 2. The van der Waals surface area contributed by atoms with Gasteiger partial charge in [0.2, 0.25) is 11.9 Å². The van der Waals surface area contributed by atoms with Crippen LogP contribution in [0.15, 0.2) is 48.5 Å². The molecule has 22 heavy (non-hydrogen) atoms. The van der Waals surface area contributed by atoms with Crippen molar-refractivity contribution < 1.29 is 4.74 Å². The lowest BCUT2D eigenvalue weighted by atomic mass is 10.0. The molecular formula is C16H17N5O. The molecule has 0 bridgehead atoms. The van der Waals surface area contributed by atoms with E-state index in [1.54, 1.807) is 14.2 Å². The number of nitrogens with two attached hydrogens (primary N) is 1. The van der Waals surface area contributed by atoms with E-state index in [9.17, 15) is 0 Å². The second-order valence-corrected chi connectivity index (χ2v) is 4.82. The van der Waals surface area contributed by atoms with Gasteiger partial charge in [0.1, 0.15) is 5.75 Å². The van der Waals surface area contributed by atoms with Crippen molar-refractivity contribution in [3.63, 3.8) is 0 Å². The third-order valence-corrected chi connectivity index (χ3v) is 3.36. The average Bonchev–Trinajstić information content (AvgIpc) is 2.86. The molecule has 3 N–H and O–H groups in total. The minimum absolute atomic E-state index is 0.369. The third-order valence-electron chi connectivity index (χ3n) is 3.36. The minimum Gasteiger partial charge on any atom is -0.496 e. The number of rotatable bonds is 4. The zero-order valence-electron chi connectivity index (χ0n) is 12.4. The Labute approximate surface area is 128 Å². The lowest BCUT2D eigenvalue weighted by molar-refractivity contribution is 0.416. The molecule has 112 valence electrons. The first-order valence-corrected chi connectivity index (χ1v) is 6.84. The summed E-state index contributed by atoms with van der Waals surface area (Å²) in [7, 11) is 3.42. The predicted octanol–water partition coefficient (Wildman–Crippen LogP) is 2.82. The summed E-state index contributed by atoms with van der Waals surface area (Å²) in [6.45, 7) is 0. The number of hydrogen-bond acceptors (Lipinski definition) is 5. The number of nitrogens with one attached hydrogen (secondary N) is 1. The summed E-state index contributed by atoms with van der Waals surface area (Å²) < 4.78 is 6.91. The number of methoxy groups -OCH3 is 1. The monoisotopic (exact) mass is 295 g/mol. The van der Waals surface area contributed by atoms with E-state index in [1.165, 1.54) is 4.68 Å². The van der Waals surface area contributed by atoms with Gasteiger partial charge in [0, 0.05) is 18.3 Å². The van der Waals surface area contributed by atoms with E-state index in [4.69, 9.17) is 10.5 Å². The van der Waals surface area contributed by atoms with Gasteiger partial charge in [0.15, 0.2) is 0 Å². The molecule has 0 saturated heterocycles. The molecule has 0 amide bonds. The maximum Gasteiger partial charge on any atom is 0.248 e. The number of nitrogens with zero attached hydrogens (tertiary/aromatic N) is 3. The second kappa shape index (κ2) is 5.77. The Kier molecular flexibility index (Phi) is 3.65. The van der Waals surface area contributed by atoms with Crippen molar-refractivity contribution in [1.82, 2.24) is 14.8 Å². The molecule has 0 radical (unpaired) electrons. The predicted molar refractivity (Wildman–Crippen MR) is 87.1 cm³/mol. The van der Waals surface area contributed by atoms with Crippen LogP contribution in [-0.4, -0.2) is 21.9 Å². The number of anilines is 3. The topological polar surface area (TPSA) is 78.0 Å². The Bertz CT molecular complexity index is 760. The van der Waals surface area contributed by atoms with Gasteiger partial charge in [0.25, 0.3) is 0 Å². The van der Waals surface area contributed by atoms with E-state index >= 15 is 0 Å². The SMILES string of the molecule is COc1ccccc1-c1ccc(Nc2nc(N)n(C)n2)cc1. The molecule has 3 aromatic rings. The maximum atomic E-state index is 5.66. The molecule has 1 heterocycles. The van der Waals surface area contributed by atoms with Crippen LogP contribution in [0.2, 0.25) is 0 Å². The quantitative estimate of drug-likeness (QED) is 0.774. The summed E-state index contributed by atoms with van der Waals surface area (Å²) in [5, 5.41) is 7.28. The van der Waals surface area contributed by atoms with Gasteiger partial charge in [-0.3, -0.25) is 0 Å². The summed E-state index contributed by atoms with van der Waals surface area (Å²) in [4.78, 5) is 4.11. The van der Waals surface area contributed by atoms with Gasteiger partial charge >= 0.3 is 0 Å². The van der Waals surface area contributed by atoms with E-state index in [0.29, 0.717) is 11.9 Å². The third kappa shape index (κ3) is 2.71. The number of nitrogen functional groups attached to an aromatic ring is 1. The lowest BCUT2D eigenvalue weighted by Crippen LogP contribution is -1.97. The van der Waals surface area contributed by atoms with Crippen LogP contribution in [0.4, 0.5) is 17.6 Å². The van der Waals surface area contributed by atoms with E-state index < -0.39 is 0 Å².